The summed E-state index contributed by atoms with van der Waals surface area (Å²) in [5.41, 5.74) is 0. The summed E-state index contributed by atoms with van der Waals surface area (Å²) in [6, 6.07) is 0. The van der Waals surface area contributed by atoms with Crippen LogP contribution in [0.1, 0.15) is 6.92 Å². The van der Waals surface area contributed by atoms with Gasteiger partial charge in [-0.05, 0) is 6.92 Å². The fourth-order valence-corrected chi connectivity index (χ4v) is 4.26. The number of aliphatic hydroxyl groups is 10. The van der Waals surface area contributed by atoms with Crippen LogP contribution in [0.15, 0.2) is 0 Å². The minimum Gasteiger partial charge on any atom is -0.394 e. The highest BCUT2D eigenvalue weighted by Crippen LogP contribution is 2.32. The van der Waals surface area contributed by atoms with Gasteiger partial charge in [0, 0.05) is 0 Å². The number of hydrogen-bond donors (Lipinski definition) is 10. The van der Waals surface area contributed by atoms with E-state index < -0.39 is 112 Å². The van der Waals surface area contributed by atoms with Gasteiger partial charge in [0.05, 0.1) is 25.9 Å². The molecule has 0 aromatic rings. The second kappa shape index (κ2) is 11.6. The number of aliphatic hydroxyl groups excluding tert-OH is 10. The van der Waals surface area contributed by atoms with Crippen molar-refractivity contribution in [2.75, 3.05) is 19.8 Å². The first kappa shape index (κ1) is 28.0. The largest absolute Gasteiger partial charge is 0.394 e. The van der Waals surface area contributed by atoms with Crippen LogP contribution in [0.3, 0.4) is 0 Å². The molecule has 0 amide bonds. The van der Waals surface area contributed by atoms with Crippen molar-refractivity contribution < 1.29 is 74.7 Å². The molecule has 34 heavy (non-hydrogen) atoms. The van der Waals surface area contributed by atoms with Gasteiger partial charge in [-0.25, -0.2) is 0 Å². The van der Waals surface area contributed by atoms with Crippen molar-refractivity contribution in [1.29, 1.82) is 0 Å². The molecule has 15 nitrogen and oxygen atoms in total. The molecule has 0 radical (unpaired) electrons. The first-order chi connectivity index (χ1) is 16.0. The molecule has 3 fully saturated rings. The number of rotatable bonds is 7. The lowest BCUT2D eigenvalue weighted by atomic mass is 9.94. The number of hydrogen-bond acceptors (Lipinski definition) is 15. The van der Waals surface area contributed by atoms with Crippen LogP contribution in [0.2, 0.25) is 0 Å². The van der Waals surface area contributed by atoms with E-state index in [1.807, 2.05) is 0 Å². The molecule has 3 aliphatic heterocycles. The first-order valence-corrected chi connectivity index (χ1v) is 10.9. The molecule has 10 N–H and O–H groups in total. The van der Waals surface area contributed by atoms with Crippen molar-refractivity contribution in [2.45, 2.75) is 98.9 Å². The van der Waals surface area contributed by atoms with Gasteiger partial charge in [0.1, 0.15) is 73.2 Å². The molecule has 0 saturated carbocycles. The summed E-state index contributed by atoms with van der Waals surface area (Å²) < 4.78 is 27.1. The fourth-order valence-electron chi connectivity index (χ4n) is 4.26. The third-order valence-corrected chi connectivity index (χ3v) is 6.35. The van der Waals surface area contributed by atoms with Crippen LogP contribution in [0.5, 0.6) is 0 Å². The van der Waals surface area contributed by atoms with Crippen molar-refractivity contribution in [3.8, 4) is 0 Å². The molecule has 3 aliphatic rings. The van der Waals surface area contributed by atoms with E-state index in [0.717, 1.165) is 0 Å². The molecule has 0 bridgehead atoms. The Morgan fingerprint density at radius 1 is 0.500 bits per heavy atom. The molecule has 3 rings (SSSR count). The molecule has 15 atom stereocenters. The Kier molecular flexibility index (Phi) is 9.57. The second-order valence-corrected chi connectivity index (χ2v) is 8.65. The van der Waals surface area contributed by atoms with E-state index in [0.29, 0.717) is 0 Å². The monoisotopic (exact) mass is 502 g/mol. The highest BCUT2D eigenvalue weighted by atomic mass is 16.7. The van der Waals surface area contributed by atoms with Gasteiger partial charge in [0.2, 0.25) is 0 Å². The fraction of sp³-hybridized carbons (Fsp3) is 1.00. The Morgan fingerprint density at radius 3 is 1.41 bits per heavy atom. The predicted molar refractivity (Wildman–Crippen MR) is 105 cm³/mol. The summed E-state index contributed by atoms with van der Waals surface area (Å²) in [5, 5.41) is 100. The Bertz CT molecular complexity index is 635. The summed E-state index contributed by atoms with van der Waals surface area (Å²) >= 11 is 0. The minimum absolute atomic E-state index is 0.601. The summed E-state index contributed by atoms with van der Waals surface area (Å²) in [5.74, 6) is 0. The van der Waals surface area contributed by atoms with Gasteiger partial charge in [0.15, 0.2) is 12.6 Å². The van der Waals surface area contributed by atoms with Crippen LogP contribution < -0.4 is 0 Å². The Labute approximate surface area is 194 Å². The van der Waals surface area contributed by atoms with Crippen LogP contribution in [-0.4, -0.2) is 163 Å². The van der Waals surface area contributed by atoms with E-state index >= 15 is 0 Å². The average molecular weight is 502 g/mol. The van der Waals surface area contributed by atoms with E-state index in [2.05, 4.69) is 0 Å². The zero-order valence-electron chi connectivity index (χ0n) is 18.3. The summed E-state index contributed by atoms with van der Waals surface area (Å²) in [7, 11) is 0. The van der Waals surface area contributed by atoms with Gasteiger partial charge in [-0.1, -0.05) is 0 Å². The zero-order chi connectivity index (χ0) is 25.3. The Morgan fingerprint density at radius 2 is 0.912 bits per heavy atom. The van der Waals surface area contributed by atoms with Crippen molar-refractivity contribution >= 4 is 0 Å². The van der Waals surface area contributed by atoms with Crippen LogP contribution in [0.25, 0.3) is 0 Å². The zero-order valence-corrected chi connectivity index (χ0v) is 18.3. The minimum atomic E-state index is -1.85. The summed E-state index contributed by atoms with van der Waals surface area (Å²) in [4.78, 5) is 0. The Balaban J connectivity index is 1.72. The molecule has 0 aromatic heterocycles. The quantitative estimate of drug-likeness (QED) is 0.155. The van der Waals surface area contributed by atoms with Crippen molar-refractivity contribution in [3.05, 3.63) is 0 Å². The lowest BCUT2D eigenvalue weighted by molar-refractivity contribution is -0.372. The lowest BCUT2D eigenvalue weighted by Crippen LogP contribution is -2.66. The summed E-state index contributed by atoms with van der Waals surface area (Å²) in [6.07, 6.45) is -22.6. The molecule has 15 heteroatoms. The number of ether oxygens (including phenoxy) is 5. The van der Waals surface area contributed by atoms with E-state index in [1.54, 1.807) is 0 Å². The molecule has 3 saturated heterocycles. The topological polar surface area (TPSA) is 248 Å². The van der Waals surface area contributed by atoms with E-state index in [-0.39, 0.29) is 0 Å². The predicted octanol–water partition coefficient (Wildman–Crippen LogP) is -6.50. The maximum atomic E-state index is 10.6. The molecule has 200 valence electrons. The molecule has 6 unspecified atom stereocenters. The normalized spacial score (nSPS) is 52.5. The SMILES string of the molecule is C[C@@H]1OC(CO)[C@@H](O[C@H]2OC(CO)[C@@H](O[C@H]3OC(CO)[C@@H](O)[C@H](O)C3O)[C@H](O)C2O)C(O)[C@@H]1O. The lowest BCUT2D eigenvalue weighted by Gasteiger charge is -2.48. The van der Waals surface area contributed by atoms with Crippen molar-refractivity contribution in [2.24, 2.45) is 0 Å². The van der Waals surface area contributed by atoms with Crippen LogP contribution >= 0.6 is 0 Å². The van der Waals surface area contributed by atoms with Gasteiger partial charge in [-0.2, -0.15) is 0 Å². The van der Waals surface area contributed by atoms with Crippen molar-refractivity contribution in [1.82, 2.24) is 0 Å². The van der Waals surface area contributed by atoms with Gasteiger partial charge in [0.25, 0.3) is 0 Å². The van der Waals surface area contributed by atoms with Gasteiger partial charge < -0.3 is 74.7 Å². The third-order valence-electron chi connectivity index (χ3n) is 6.35. The van der Waals surface area contributed by atoms with Crippen LogP contribution in [0, 0.1) is 0 Å². The second-order valence-electron chi connectivity index (χ2n) is 8.65. The smallest absolute Gasteiger partial charge is 0.187 e. The van der Waals surface area contributed by atoms with E-state index in [1.165, 1.54) is 6.92 Å². The molecule has 3 heterocycles. The Hall–Kier alpha value is -0.600. The average Bonchev–Trinajstić information content (AvgIpc) is 2.83. The molecule has 0 spiro atoms. The van der Waals surface area contributed by atoms with E-state index in [4.69, 9.17) is 23.7 Å². The van der Waals surface area contributed by atoms with Crippen LogP contribution in [0.4, 0.5) is 0 Å². The van der Waals surface area contributed by atoms with E-state index in [9.17, 15) is 51.1 Å². The molecular weight excluding hydrogens is 468 g/mol. The van der Waals surface area contributed by atoms with Crippen molar-refractivity contribution in [3.63, 3.8) is 0 Å². The van der Waals surface area contributed by atoms with Gasteiger partial charge in [-0.15, -0.1) is 0 Å². The maximum absolute atomic E-state index is 10.6. The van der Waals surface area contributed by atoms with Crippen LogP contribution in [-0.2, 0) is 23.7 Å². The summed E-state index contributed by atoms with van der Waals surface area (Å²) in [6.45, 7) is -0.626. The third kappa shape index (κ3) is 5.39. The highest BCUT2D eigenvalue weighted by Gasteiger charge is 2.52. The molecule has 0 aromatic carbocycles. The molecule has 0 aliphatic carbocycles. The maximum Gasteiger partial charge on any atom is 0.187 e. The van der Waals surface area contributed by atoms with Gasteiger partial charge in [-0.3, -0.25) is 0 Å². The molecular formula is C19H34O15. The first-order valence-electron chi connectivity index (χ1n) is 10.9. The highest BCUT2D eigenvalue weighted by molar-refractivity contribution is 4.96. The van der Waals surface area contributed by atoms with Gasteiger partial charge >= 0.3 is 0 Å². The standard InChI is InChI=1S/C19H34O15/c1-5-9(23)12(26)16(7(3-21)30-5)33-19-15(29)13(27)17(8(4-22)32-19)34-18-14(28)11(25)10(24)6(2-20)31-18/h5-29H,2-4H2,1H3/t5-,6?,7?,8?,9+,10+,11-,12?,13+,14?,15?,16+,17+,18+,19+/m0/s1.